The van der Waals surface area contributed by atoms with Crippen LogP contribution in [0.1, 0.15) is 28.9 Å². The van der Waals surface area contributed by atoms with Gasteiger partial charge < -0.3 is 5.11 Å². The maximum absolute atomic E-state index is 12.4. The zero-order chi connectivity index (χ0) is 13.2. The van der Waals surface area contributed by atoms with Crippen LogP contribution in [0, 0.1) is 11.3 Å². The maximum Gasteiger partial charge on any atom is 0.433 e. The highest BCUT2D eigenvalue weighted by Gasteiger charge is 2.38. The van der Waals surface area contributed by atoms with Gasteiger partial charge in [-0.3, -0.25) is 0 Å². The van der Waals surface area contributed by atoms with Crippen molar-refractivity contribution in [2.45, 2.75) is 19.2 Å². The van der Waals surface area contributed by atoms with Crippen LogP contribution < -0.4 is 0 Å². The van der Waals surface area contributed by atoms with Crippen LogP contribution in [0.2, 0.25) is 0 Å². The lowest BCUT2D eigenvalue weighted by atomic mass is 10.1. The Morgan fingerprint density at radius 2 is 2.00 bits per heavy atom. The number of alkyl halides is 5. The van der Waals surface area contributed by atoms with Crippen molar-refractivity contribution >= 4 is 0 Å². The van der Waals surface area contributed by atoms with Gasteiger partial charge in [-0.25, -0.2) is 13.8 Å². The van der Waals surface area contributed by atoms with Crippen LogP contribution in [-0.2, 0) is 12.8 Å². The predicted molar refractivity (Wildman–Crippen MR) is 44.8 cm³/mol. The predicted octanol–water partition coefficient (Wildman–Crippen LogP) is 2.40. The lowest BCUT2D eigenvalue weighted by Crippen LogP contribution is -2.15. The van der Waals surface area contributed by atoms with Crippen LogP contribution in [0.4, 0.5) is 22.0 Å². The fourth-order valence-electron chi connectivity index (χ4n) is 1.18. The van der Waals surface area contributed by atoms with Crippen molar-refractivity contribution in [2.24, 2.45) is 0 Å². The van der Waals surface area contributed by atoms with E-state index in [1.165, 1.54) is 6.07 Å². The largest absolute Gasteiger partial charge is 0.433 e. The summed E-state index contributed by atoms with van der Waals surface area (Å²) in [6, 6.07) is 1.79. The van der Waals surface area contributed by atoms with E-state index in [9.17, 15) is 22.0 Å². The summed E-state index contributed by atoms with van der Waals surface area (Å²) in [6.07, 6.45) is -8.47. The second-order valence-corrected chi connectivity index (χ2v) is 2.99. The molecule has 0 aliphatic heterocycles. The van der Waals surface area contributed by atoms with Crippen LogP contribution in [0.15, 0.2) is 6.07 Å². The van der Waals surface area contributed by atoms with Gasteiger partial charge in [0.05, 0.1) is 17.9 Å². The molecule has 0 aliphatic rings. The molecule has 1 N–H and O–H groups in total. The van der Waals surface area contributed by atoms with Gasteiger partial charge in [-0.1, -0.05) is 0 Å². The second kappa shape index (κ2) is 4.63. The second-order valence-electron chi connectivity index (χ2n) is 2.99. The molecule has 0 spiro atoms. The maximum atomic E-state index is 12.4. The van der Waals surface area contributed by atoms with Gasteiger partial charge in [0.25, 0.3) is 6.43 Å². The van der Waals surface area contributed by atoms with Gasteiger partial charge in [0, 0.05) is 5.56 Å². The first kappa shape index (κ1) is 13.3. The minimum Gasteiger partial charge on any atom is -0.390 e. The molecule has 0 bridgehead atoms. The molecule has 0 amide bonds. The number of aliphatic hydroxyl groups is 1. The average Bonchev–Trinajstić information content (AvgIpc) is 2.25. The lowest BCUT2D eigenvalue weighted by molar-refractivity contribution is -0.143. The molecule has 0 saturated carbocycles. The number of halogens is 5. The highest BCUT2D eigenvalue weighted by atomic mass is 19.4. The smallest absolute Gasteiger partial charge is 0.390 e. The van der Waals surface area contributed by atoms with Crippen molar-refractivity contribution in [3.8, 4) is 6.07 Å². The van der Waals surface area contributed by atoms with E-state index in [0.717, 1.165) is 0 Å². The topological polar surface area (TPSA) is 56.9 Å². The molecule has 1 aromatic rings. The SMILES string of the molecule is N#Cc1cc(C(F)F)c(C(F)(F)F)nc1CO. The van der Waals surface area contributed by atoms with Crippen LogP contribution >= 0.6 is 0 Å². The van der Waals surface area contributed by atoms with Crippen molar-refractivity contribution < 1.29 is 27.1 Å². The van der Waals surface area contributed by atoms with E-state index in [4.69, 9.17) is 10.4 Å². The highest BCUT2D eigenvalue weighted by Crippen LogP contribution is 2.35. The van der Waals surface area contributed by atoms with Crippen molar-refractivity contribution in [3.05, 3.63) is 28.6 Å². The molecule has 1 rings (SSSR count). The Bertz CT molecular complexity index is 464. The van der Waals surface area contributed by atoms with E-state index >= 15 is 0 Å². The monoisotopic (exact) mass is 252 g/mol. The number of nitriles is 1. The summed E-state index contributed by atoms with van der Waals surface area (Å²) in [4.78, 5) is 2.88. The van der Waals surface area contributed by atoms with Gasteiger partial charge >= 0.3 is 6.18 Å². The molecule has 1 heterocycles. The van der Waals surface area contributed by atoms with E-state index in [2.05, 4.69) is 4.98 Å². The summed E-state index contributed by atoms with van der Waals surface area (Å²) in [7, 11) is 0. The van der Waals surface area contributed by atoms with Crippen LogP contribution in [0.3, 0.4) is 0 Å². The number of rotatable bonds is 2. The number of hydrogen-bond donors (Lipinski definition) is 1. The van der Waals surface area contributed by atoms with Crippen molar-refractivity contribution in [1.82, 2.24) is 4.98 Å². The Morgan fingerprint density at radius 3 is 2.35 bits per heavy atom. The first-order chi connectivity index (χ1) is 7.81. The summed E-state index contributed by atoms with van der Waals surface area (Å²) >= 11 is 0. The van der Waals surface area contributed by atoms with Gasteiger partial charge in [-0.15, -0.1) is 0 Å². The van der Waals surface area contributed by atoms with Crippen molar-refractivity contribution in [1.29, 1.82) is 5.26 Å². The Hall–Kier alpha value is -1.75. The normalized spacial score (nSPS) is 11.6. The van der Waals surface area contributed by atoms with Crippen molar-refractivity contribution in [2.75, 3.05) is 0 Å². The van der Waals surface area contributed by atoms with Crippen LogP contribution in [0.5, 0.6) is 0 Å². The Balaban J connectivity index is 3.53. The van der Waals surface area contributed by atoms with Crippen LogP contribution in [0.25, 0.3) is 0 Å². The number of hydrogen-bond acceptors (Lipinski definition) is 3. The molecule has 3 nitrogen and oxygen atoms in total. The number of nitrogens with zero attached hydrogens (tertiary/aromatic N) is 2. The fraction of sp³-hybridized carbons (Fsp3) is 0.333. The summed E-state index contributed by atoms with van der Waals surface area (Å²) in [6.45, 7) is -0.935. The minimum atomic E-state index is -5.07. The van der Waals surface area contributed by atoms with Gasteiger partial charge in [0.2, 0.25) is 0 Å². The van der Waals surface area contributed by atoms with E-state index in [1.54, 1.807) is 0 Å². The molecule has 8 heteroatoms. The molecular formula is C9H5F5N2O. The third kappa shape index (κ3) is 2.68. The van der Waals surface area contributed by atoms with E-state index in [0.29, 0.717) is 6.07 Å². The van der Waals surface area contributed by atoms with Crippen LogP contribution in [-0.4, -0.2) is 10.1 Å². The molecular weight excluding hydrogens is 247 g/mol. The molecule has 0 saturated heterocycles. The Morgan fingerprint density at radius 1 is 1.41 bits per heavy atom. The number of aliphatic hydroxyl groups excluding tert-OH is 1. The average molecular weight is 252 g/mol. The van der Waals surface area contributed by atoms with Gasteiger partial charge in [-0.05, 0) is 6.07 Å². The van der Waals surface area contributed by atoms with Gasteiger partial charge in [0.15, 0.2) is 5.69 Å². The first-order valence-electron chi connectivity index (χ1n) is 4.21. The van der Waals surface area contributed by atoms with Gasteiger partial charge in [0.1, 0.15) is 6.07 Å². The molecule has 92 valence electrons. The lowest BCUT2D eigenvalue weighted by Gasteiger charge is -2.13. The third-order valence-electron chi connectivity index (χ3n) is 1.90. The molecule has 1 aromatic heterocycles. The Labute approximate surface area is 92.1 Å². The zero-order valence-corrected chi connectivity index (χ0v) is 8.09. The summed E-state index contributed by atoms with van der Waals surface area (Å²) in [5, 5.41) is 17.2. The first-order valence-corrected chi connectivity index (χ1v) is 4.21. The third-order valence-corrected chi connectivity index (χ3v) is 1.90. The molecule has 0 radical (unpaired) electrons. The van der Waals surface area contributed by atoms with Crippen molar-refractivity contribution in [3.63, 3.8) is 0 Å². The summed E-state index contributed by atoms with van der Waals surface area (Å²) < 4.78 is 62.0. The minimum absolute atomic E-state index is 0.395. The fourth-order valence-corrected chi connectivity index (χ4v) is 1.18. The quantitative estimate of drug-likeness (QED) is 0.822. The zero-order valence-electron chi connectivity index (χ0n) is 8.09. The molecule has 0 unspecified atom stereocenters. The van der Waals surface area contributed by atoms with E-state index < -0.39 is 41.7 Å². The standard InChI is InChI=1S/C9H5F5N2O/c10-8(11)5-1-4(2-15)6(3-17)16-7(5)9(12,13)14/h1,8,17H,3H2. The molecule has 0 fully saturated rings. The van der Waals surface area contributed by atoms with Gasteiger partial charge in [-0.2, -0.15) is 18.4 Å². The Kier molecular flexibility index (Phi) is 3.63. The molecule has 0 aliphatic carbocycles. The number of pyridine rings is 1. The highest BCUT2D eigenvalue weighted by molar-refractivity contribution is 5.40. The molecule has 17 heavy (non-hydrogen) atoms. The summed E-state index contributed by atoms with van der Waals surface area (Å²) in [5.41, 5.74) is -4.23. The van der Waals surface area contributed by atoms with E-state index in [-0.39, 0.29) is 0 Å². The molecule has 0 aromatic carbocycles. The summed E-state index contributed by atoms with van der Waals surface area (Å²) in [5.74, 6) is 0. The van der Waals surface area contributed by atoms with E-state index in [1.807, 2.05) is 0 Å². The number of aromatic nitrogens is 1. The molecule has 0 atom stereocenters.